The molecule has 0 saturated carbocycles. The molecule has 0 aromatic rings. The lowest BCUT2D eigenvalue weighted by atomic mass is 9.95. The van der Waals surface area contributed by atoms with Crippen LogP contribution in [0.15, 0.2) is 0 Å². The van der Waals surface area contributed by atoms with Gasteiger partial charge in [0.1, 0.15) is 9.84 Å². The second kappa shape index (κ2) is 3.86. The van der Waals surface area contributed by atoms with E-state index >= 15 is 0 Å². The van der Waals surface area contributed by atoms with Crippen molar-refractivity contribution in [3.8, 4) is 0 Å². The Balaban J connectivity index is 2.79. The van der Waals surface area contributed by atoms with Gasteiger partial charge in [-0.2, -0.15) is 0 Å². The smallest absolute Gasteiger partial charge is 0.337 e. The van der Waals surface area contributed by atoms with Gasteiger partial charge in [-0.05, 0) is 12.8 Å². The maximum absolute atomic E-state index is 11.2. The van der Waals surface area contributed by atoms with E-state index in [0.717, 1.165) is 0 Å². The van der Waals surface area contributed by atoms with Gasteiger partial charge in [-0.1, -0.05) is 0 Å². The molecule has 1 saturated heterocycles. The molecule has 0 spiro atoms. The highest BCUT2D eigenvalue weighted by atomic mass is 32.2. The number of esters is 1. The van der Waals surface area contributed by atoms with Crippen molar-refractivity contribution in [1.82, 2.24) is 0 Å². The van der Waals surface area contributed by atoms with E-state index < -0.39 is 21.4 Å². The molecule has 1 aliphatic rings. The zero-order chi connectivity index (χ0) is 10.8. The van der Waals surface area contributed by atoms with Crippen LogP contribution >= 0.6 is 0 Å². The molecule has 0 bridgehead atoms. The summed E-state index contributed by atoms with van der Waals surface area (Å²) in [6.45, 7) is 0. The lowest BCUT2D eigenvalue weighted by molar-refractivity contribution is -0.163. The van der Waals surface area contributed by atoms with Crippen LogP contribution in [0.4, 0.5) is 0 Å². The van der Waals surface area contributed by atoms with Crippen molar-refractivity contribution < 1.29 is 23.1 Å². The normalized spacial score (nSPS) is 31.9. The van der Waals surface area contributed by atoms with Crippen LogP contribution in [-0.2, 0) is 19.4 Å². The van der Waals surface area contributed by atoms with Crippen molar-refractivity contribution in [3.63, 3.8) is 0 Å². The zero-order valence-electron chi connectivity index (χ0n) is 8.02. The molecular formula is C8H14O5S. The number of rotatable bonds is 1. The van der Waals surface area contributed by atoms with Crippen LogP contribution in [0.2, 0.25) is 0 Å². The molecule has 1 atom stereocenters. The lowest BCUT2D eigenvalue weighted by Crippen LogP contribution is -2.39. The summed E-state index contributed by atoms with van der Waals surface area (Å²) in [5, 5.41) is 9.81. The third-order valence-corrected chi connectivity index (χ3v) is 4.17. The Bertz CT molecular complexity index is 321. The monoisotopic (exact) mass is 222 g/mol. The topological polar surface area (TPSA) is 80.7 Å². The third kappa shape index (κ3) is 2.45. The van der Waals surface area contributed by atoms with E-state index in [2.05, 4.69) is 4.74 Å². The van der Waals surface area contributed by atoms with E-state index in [0.29, 0.717) is 6.42 Å². The molecule has 14 heavy (non-hydrogen) atoms. The quantitative estimate of drug-likeness (QED) is 0.604. The van der Waals surface area contributed by atoms with Crippen molar-refractivity contribution >= 4 is 15.8 Å². The fourth-order valence-corrected chi connectivity index (χ4v) is 2.97. The fourth-order valence-electron chi connectivity index (χ4n) is 1.53. The number of hydrogen-bond acceptors (Lipinski definition) is 5. The lowest BCUT2D eigenvalue weighted by Gasteiger charge is -2.22. The van der Waals surface area contributed by atoms with E-state index in [1.807, 2.05) is 0 Å². The number of ether oxygens (including phenoxy) is 1. The van der Waals surface area contributed by atoms with Gasteiger partial charge in [0.2, 0.25) is 0 Å². The molecule has 0 aliphatic carbocycles. The SMILES string of the molecule is COC(=O)C1(O)CCCS(=O)(=O)CC1. The molecule has 5 nitrogen and oxygen atoms in total. The second-order valence-corrected chi connectivity index (χ2v) is 5.83. The van der Waals surface area contributed by atoms with Gasteiger partial charge in [0, 0.05) is 6.42 Å². The predicted octanol–water partition coefficient (Wildman–Crippen LogP) is -0.511. The molecule has 6 heteroatoms. The van der Waals surface area contributed by atoms with Gasteiger partial charge in [0.25, 0.3) is 0 Å². The maximum Gasteiger partial charge on any atom is 0.337 e. The molecule has 1 fully saturated rings. The van der Waals surface area contributed by atoms with E-state index in [1.165, 1.54) is 7.11 Å². The Morgan fingerprint density at radius 2 is 2.00 bits per heavy atom. The Kier molecular flexibility index (Phi) is 3.16. The molecule has 0 aromatic heterocycles. The maximum atomic E-state index is 11.2. The van der Waals surface area contributed by atoms with Crippen LogP contribution in [0.3, 0.4) is 0 Å². The van der Waals surface area contributed by atoms with Crippen molar-refractivity contribution in [1.29, 1.82) is 0 Å². The van der Waals surface area contributed by atoms with Gasteiger partial charge in [-0.3, -0.25) is 0 Å². The minimum atomic E-state index is -3.10. The summed E-state index contributed by atoms with van der Waals surface area (Å²) in [6, 6.07) is 0. The number of hydrogen-bond donors (Lipinski definition) is 1. The number of methoxy groups -OCH3 is 1. The summed E-state index contributed by atoms with van der Waals surface area (Å²) in [4.78, 5) is 11.2. The minimum absolute atomic E-state index is 0.0340. The first kappa shape index (κ1) is 11.5. The third-order valence-electron chi connectivity index (χ3n) is 2.44. The Morgan fingerprint density at radius 3 is 2.57 bits per heavy atom. The number of carbonyl (C=O) groups is 1. The number of aliphatic hydroxyl groups is 1. The van der Waals surface area contributed by atoms with E-state index in [9.17, 15) is 18.3 Å². The van der Waals surface area contributed by atoms with Gasteiger partial charge >= 0.3 is 5.97 Å². The van der Waals surface area contributed by atoms with Crippen LogP contribution < -0.4 is 0 Å². The van der Waals surface area contributed by atoms with E-state index in [4.69, 9.17) is 0 Å². The summed E-state index contributed by atoms with van der Waals surface area (Å²) >= 11 is 0. The van der Waals surface area contributed by atoms with Gasteiger partial charge in [-0.25, -0.2) is 13.2 Å². The van der Waals surface area contributed by atoms with Gasteiger partial charge < -0.3 is 9.84 Å². The van der Waals surface area contributed by atoms with Crippen molar-refractivity contribution in [2.45, 2.75) is 24.9 Å². The standard InChI is InChI=1S/C8H14O5S/c1-13-7(9)8(10)3-2-5-14(11,12)6-4-8/h10H,2-6H2,1H3. The van der Waals surface area contributed by atoms with Crippen LogP contribution in [0, 0.1) is 0 Å². The number of carbonyl (C=O) groups excluding carboxylic acids is 1. The van der Waals surface area contributed by atoms with Crippen LogP contribution in [0.5, 0.6) is 0 Å². The Hall–Kier alpha value is -0.620. The van der Waals surface area contributed by atoms with Gasteiger partial charge in [-0.15, -0.1) is 0 Å². The first-order valence-electron chi connectivity index (χ1n) is 4.41. The van der Waals surface area contributed by atoms with E-state index in [-0.39, 0.29) is 24.3 Å². The number of sulfone groups is 1. The molecule has 0 amide bonds. The van der Waals surface area contributed by atoms with E-state index in [1.54, 1.807) is 0 Å². The largest absolute Gasteiger partial charge is 0.467 e. The summed E-state index contributed by atoms with van der Waals surface area (Å²) in [5.41, 5.74) is -1.61. The highest BCUT2D eigenvalue weighted by Crippen LogP contribution is 2.24. The Morgan fingerprint density at radius 1 is 1.36 bits per heavy atom. The van der Waals surface area contributed by atoms with Crippen LogP contribution in [0.25, 0.3) is 0 Å². The molecule has 1 N–H and O–H groups in total. The molecule has 0 aromatic carbocycles. The summed E-state index contributed by atoms with van der Waals surface area (Å²) in [6.07, 6.45) is 0.384. The van der Waals surface area contributed by atoms with Crippen molar-refractivity contribution in [3.05, 3.63) is 0 Å². The summed E-state index contributed by atoms with van der Waals surface area (Å²) in [5.74, 6) is -0.861. The summed E-state index contributed by atoms with van der Waals surface area (Å²) in [7, 11) is -1.92. The second-order valence-electron chi connectivity index (χ2n) is 3.53. The van der Waals surface area contributed by atoms with Crippen LogP contribution in [0.1, 0.15) is 19.3 Å². The zero-order valence-corrected chi connectivity index (χ0v) is 8.84. The molecule has 1 unspecified atom stereocenters. The summed E-state index contributed by atoms with van der Waals surface area (Å²) < 4.78 is 26.8. The minimum Gasteiger partial charge on any atom is -0.467 e. The van der Waals surface area contributed by atoms with Crippen molar-refractivity contribution in [2.24, 2.45) is 0 Å². The fraction of sp³-hybridized carbons (Fsp3) is 0.875. The predicted molar refractivity (Wildman–Crippen MR) is 49.5 cm³/mol. The highest BCUT2D eigenvalue weighted by Gasteiger charge is 2.40. The average molecular weight is 222 g/mol. The molecule has 1 rings (SSSR count). The highest BCUT2D eigenvalue weighted by molar-refractivity contribution is 7.91. The Labute approximate surface area is 83.0 Å². The van der Waals surface area contributed by atoms with Crippen LogP contribution in [-0.4, -0.2) is 43.7 Å². The molecular weight excluding hydrogens is 208 g/mol. The first-order chi connectivity index (χ1) is 6.40. The molecule has 1 aliphatic heterocycles. The molecule has 82 valence electrons. The van der Waals surface area contributed by atoms with Gasteiger partial charge in [0.15, 0.2) is 5.60 Å². The average Bonchev–Trinajstić information content (AvgIpc) is 2.26. The van der Waals surface area contributed by atoms with Crippen molar-refractivity contribution in [2.75, 3.05) is 18.6 Å². The van der Waals surface area contributed by atoms with Gasteiger partial charge in [0.05, 0.1) is 18.6 Å². The molecule has 1 heterocycles. The first-order valence-corrected chi connectivity index (χ1v) is 6.23. The molecule has 0 radical (unpaired) electrons.